The van der Waals surface area contributed by atoms with Gasteiger partial charge in [-0.15, -0.1) is 10.2 Å². The molecule has 25 heavy (non-hydrogen) atoms. The number of hydrazone groups is 1. The van der Waals surface area contributed by atoms with E-state index in [1.54, 1.807) is 12.1 Å². The Balaban J connectivity index is 1.71. The Morgan fingerprint density at radius 3 is 2.80 bits per heavy atom. The lowest BCUT2D eigenvalue weighted by molar-refractivity contribution is -0.118. The van der Waals surface area contributed by atoms with E-state index in [9.17, 15) is 9.59 Å². The average Bonchev–Trinajstić information content (AvgIpc) is 3.08. The van der Waals surface area contributed by atoms with Crippen LogP contribution >= 0.6 is 11.3 Å². The number of aromatic nitrogens is 2. The molecule has 7 nitrogen and oxygen atoms in total. The molecular weight excluding hydrogens is 338 g/mol. The van der Waals surface area contributed by atoms with Crippen LogP contribution in [-0.4, -0.2) is 27.7 Å². The van der Waals surface area contributed by atoms with Gasteiger partial charge in [0.15, 0.2) is 0 Å². The molecule has 1 aliphatic heterocycles. The van der Waals surface area contributed by atoms with Gasteiger partial charge in [-0.3, -0.25) is 14.9 Å². The zero-order chi connectivity index (χ0) is 17.6. The first kappa shape index (κ1) is 17.2. The van der Waals surface area contributed by atoms with Gasteiger partial charge in [0.1, 0.15) is 10.7 Å². The molecule has 3 rings (SSSR count). The minimum atomic E-state index is -0.341. The third-order valence-electron chi connectivity index (χ3n) is 3.73. The number of rotatable bonds is 6. The van der Waals surface area contributed by atoms with Crippen LogP contribution in [0.3, 0.4) is 0 Å². The molecule has 2 amide bonds. The van der Waals surface area contributed by atoms with E-state index in [2.05, 4.69) is 27.5 Å². The molecule has 0 fully saturated rings. The van der Waals surface area contributed by atoms with Crippen molar-refractivity contribution in [3.05, 3.63) is 35.3 Å². The number of para-hydroxylation sites is 1. The van der Waals surface area contributed by atoms with E-state index in [1.807, 2.05) is 18.2 Å². The number of nitrogens with zero attached hydrogens (tertiary/aromatic N) is 4. The van der Waals surface area contributed by atoms with Gasteiger partial charge in [0.25, 0.3) is 5.91 Å². The summed E-state index contributed by atoms with van der Waals surface area (Å²) in [5.74, 6) is -0.466. The molecule has 1 aromatic carbocycles. The van der Waals surface area contributed by atoms with E-state index in [1.165, 1.54) is 16.3 Å². The largest absolute Gasteiger partial charge is 0.295 e. The Kier molecular flexibility index (Phi) is 5.49. The lowest BCUT2D eigenvalue weighted by Gasteiger charge is -2.22. The Hall–Kier alpha value is -2.61. The van der Waals surface area contributed by atoms with Crippen molar-refractivity contribution in [1.29, 1.82) is 0 Å². The van der Waals surface area contributed by atoms with Gasteiger partial charge in [-0.1, -0.05) is 42.9 Å². The Morgan fingerprint density at radius 1 is 1.24 bits per heavy atom. The first-order valence-electron chi connectivity index (χ1n) is 8.26. The van der Waals surface area contributed by atoms with Crippen molar-refractivity contribution in [1.82, 2.24) is 10.2 Å². The van der Waals surface area contributed by atoms with E-state index in [4.69, 9.17) is 0 Å². The molecule has 2 aromatic rings. The smallest absolute Gasteiger partial charge is 0.273 e. The molecule has 0 saturated carbocycles. The number of carbonyl (C=O) groups excluding carboxylic acids is 2. The molecule has 0 unspecified atom stereocenters. The molecule has 1 aliphatic rings. The summed E-state index contributed by atoms with van der Waals surface area (Å²) in [5, 5.41) is 17.7. The highest BCUT2D eigenvalue weighted by Crippen LogP contribution is 2.21. The number of hydrogen-bond donors (Lipinski definition) is 1. The van der Waals surface area contributed by atoms with Crippen molar-refractivity contribution in [2.45, 2.75) is 39.0 Å². The highest BCUT2D eigenvalue weighted by atomic mass is 32.1. The number of amides is 2. The fraction of sp³-hybridized carbons (Fsp3) is 0.353. The minimum Gasteiger partial charge on any atom is -0.295 e. The van der Waals surface area contributed by atoms with Crippen molar-refractivity contribution >= 4 is 39.7 Å². The fourth-order valence-electron chi connectivity index (χ4n) is 2.39. The van der Waals surface area contributed by atoms with Gasteiger partial charge in [-0.05, 0) is 18.6 Å². The van der Waals surface area contributed by atoms with Crippen molar-refractivity contribution in [2.24, 2.45) is 5.10 Å². The highest BCUT2D eigenvalue weighted by Gasteiger charge is 2.26. The summed E-state index contributed by atoms with van der Waals surface area (Å²) in [5.41, 5.74) is 0.962. The lowest BCUT2D eigenvalue weighted by atomic mass is 10.1. The van der Waals surface area contributed by atoms with Crippen molar-refractivity contribution in [2.75, 3.05) is 10.3 Å². The second-order valence-corrected chi connectivity index (χ2v) is 6.71. The molecule has 0 atom stereocenters. The van der Waals surface area contributed by atoms with Crippen molar-refractivity contribution in [3.63, 3.8) is 0 Å². The third kappa shape index (κ3) is 4.27. The first-order valence-corrected chi connectivity index (χ1v) is 9.08. The van der Waals surface area contributed by atoms with Gasteiger partial charge in [-0.2, -0.15) is 5.10 Å². The van der Waals surface area contributed by atoms with Crippen LogP contribution in [0.5, 0.6) is 0 Å². The Morgan fingerprint density at radius 2 is 2.04 bits per heavy atom. The number of hydrogen-bond acceptors (Lipinski definition) is 6. The Bertz CT molecular complexity index is 787. The second-order valence-electron chi connectivity index (χ2n) is 5.65. The maximum absolute atomic E-state index is 12.4. The first-order chi connectivity index (χ1) is 12.2. The summed E-state index contributed by atoms with van der Waals surface area (Å²) >= 11 is 1.37. The zero-order valence-electron chi connectivity index (χ0n) is 13.9. The van der Waals surface area contributed by atoms with Gasteiger partial charge in [-0.25, -0.2) is 5.01 Å². The monoisotopic (exact) mass is 357 g/mol. The molecule has 2 heterocycles. The number of nitrogens with one attached hydrogen (secondary N) is 1. The van der Waals surface area contributed by atoms with Crippen LogP contribution in [0.4, 0.5) is 10.8 Å². The van der Waals surface area contributed by atoms with Crippen LogP contribution < -0.4 is 10.3 Å². The summed E-state index contributed by atoms with van der Waals surface area (Å²) in [4.78, 5) is 24.5. The van der Waals surface area contributed by atoms with Gasteiger partial charge < -0.3 is 0 Å². The van der Waals surface area contributed by atoms with Crippen LogP contribution in [-0.2, 0) is 16.0 Å². The molecule has 8 heteroatoms. The van der Waals surface area contributed by atoms with E-state index in [0.29, 0.717) is 23.0 Å². The summed E-state index contributed by atoms with van der Waals surface area (Å²) in [6.45, 7) is 2.12. The number of aryl methyl sites for hydroxylation is 1. The van der Waals surface area contributed by atoms with Crippen molar-refractivity contribution < 1.29 is 9.59 Å². The predicted molar refractivity (Wildman–Crippen MR) is 97.7 cm³/mol. The maximum atomic E-state index is 12.4. The van der Waals surface area contributed by atoms with Gasteiger partial charge in [0.05, 0.1) is 5.69 Å². The van der Waals surface area contributed by atoms with E-state index < -0.39 is 0 Å². The number of anilines is 2. The predicted octanol–water partition coefficient (Wildman–Crippen LogP) is 3.00. The topological polar surface area (TPSA) is 87.6 Å². The van der Waals surface area contributed by atoms with Gasteiger partial charge >= 0.3 is 0 Å². The molecule has 130 valence electrons. The molecule has 0 spiro atoms. The summed E-state index contributed by atoms with van der Waals surface area (Å²) in [6.07, 6.45) is 3.56. The van der Waals surface area contributed by atoms with E-state index in [-0.39, 0.29) is 18.2 Å². The average molecular weight is 357 g/mol. The third-order valence-corrected chi connectivity index (χ3v) is 4.63. The Labute approximate surface area is 149 Å². The summed E-state index contributed by atoms with van der Waals surface area (Å²) < 4.78 is 0. The molecule has 0 aliphatic carbocycles. The number of unbranched alkanes of at least 4 members (excludes halogenated alkanes) is 1. The SMILES string of the molecule is CCCCc1nnc(NC(=O)C2=NN(c3ccccc3)C(=O)CC2)s1. The van der Waals surface area contributed by atoms with E-state index >= 15 is 0 Å². The summed E-state index contributed by atoms with van der Waals surface area (Å²) in [7, 11) is 0. The van der Waals surface area contributed by atoms with Crippen LogP contribution in [0, 0.1) is 0 Å². The van der Waals surface area contributed by atoms with Crippen LogP contribution in [0.2, 0.25) is 0 Å². The molecule has 0 radical (unpaired) electrons. The second kappa shape index (κ2) is 7.98. The molecule has 1 N–H and O–H groups in total. The quantitative estimate of drug-likeness (QED) is 0.861. The number of carbonyl (C=O) groups is 2. The fourth-order valence-corrected chi connectivity index (χ4v) is 3.17. The van der Waals surface area contributed by atoms with Crippen LogP contribution in [0.25, 0.3) is 0 Å². The van der Waals surface area contributed by atoms with Crippen molar-refractivity contribution in [3.8, 4) is 0 Å². The van der Waals surface area contributed by atoms with E-state index in [0.717, 1.165) is 24.3 Å². The lowest BCUT2D eigenvalue weighted by Crippen LogP contribution is -2.36. The maximum Gasteiger partial charge on any atom is 0.273 e. The minimum absolute atomic E-state index is 0.125. The molecular formula is C17H19N5O2S. The molecule has 1 aromatic heterocycles. The highest BCUT2D eigenvalue weighted by molar-refractivity contribution is 7.15. The molecule has 0 saturated heterocycles. The van der Waals surface area contributed by atoms with Gasteiger partial charge in [0.2, 0.25) is 11.0 Å². The number of benzene rings is 1. The van der Waals surface area contributed by atoms with Gasteiger partial charge in [0, 0.05) is 19.3 Å². The van der Waals surface area contributed by atoms with Crippen LogP contribution in [0.1, 0.15) is 37.6 Å². The van der Waals surface area contributed by atoms with Crippen LogP contribution in [0.15, 0.2) is 35.4 Å². The zero-order valence-corrected chi connectivity index (χ0v) is 14.8. The normalized spacial score (nSPS) is 14.4. The molecule has 0 bridgehead atoms. The summed E-state index contributed by atoms with van der Waals surface area (Å²) in [6, 6.07) is 9.08. The standard InChI is InChI=1S/C17H19N5O2S/c1-2-3-9-14-19-20-17(25-14)18-16(24)13-10-11-15(23)22(21-13)12-7-5-4-6-8-12/h4-8H,2-3,9-11H2,1H3,(H,18,20,24).